The van der Waals surface area contributed by atoms with Crippen molar-refractivity contribution in [2.24, 2.45) is 0 Å². The Morgan fingerprint density at radius 1 is 1.18 bits per heavy atom. The molecule has 1 saturated heterocycles. The number of fused-ring (bicyclic) bond motifs is 3. The maximum Gasteiger partial charge on any atom is 0.283 e. The van der Waals surface area contributed by atoms with E-state index in [9.17, 15) is 18.3 Å². The molecule has 5 rings (SSSR count). The molecule has 10 heteroatoms. The van der Waals surface area contributed by atoms with E-state index in [-0.39, 0.29) is 17.3 Å². The second-order valence-corrected chi connectivity index (χ2v) is 10.6. The third-order valence-corrected chi connectivity index (χ3v) is 7.71. The molecule has 2 aromatic carbocycles. The third kappa shape index (κ3) is 5.36. The summed E-state index contributed by atoms with van der Waals surface area (Å²) in [5, 5.41) is 13.2. The summed E-state index contributed by atoms with van der Waals surface area (Å²) < 4.78 is 72.9. The first-order valence-corrected chi connectivity index (χ1v) is 13.0. The molecule has 39 heavy (non-hydrogen) atoms. The number of benzene rings is 2. The van der Waals surface area contributed by atoms with Crippen molar-refractivity contribution in [3.05, 3.63) is 64.4 Å². The molecule has 0 radical (unpaired) electrons. The molecule has 0 spiro atoms. The van der Waals surface area contributed by atoms with Gasteiger partial charge in [0.25, 0.3) is 5.92 Å². The number of H-pyrrole nitrogens is 1. The lowest BCUT2D eigenvalue weighted by Crippen LogP contribution is -2.54. The molecular weight excluding hydrogens is 515 g/mol. The second kappa shape index (κ2) is 10.8. The number of nitrogens with zero attached hydrogens (tertiary/aromatic N) is 2. The minimum atomic E-state index is -3.47. The Bertz CT molecular complexity index is 1370. The predicted molar refractivity (Wildman–Crippen MR) is 141 cm³/mol. The summed E-state index contributed by atoms with van der Waals surface area (Å²) >= 11 is 0. The number of aromatic amines is 1. The molecule has 1 fully saturated rings. The van der Waals surface area contributed by atoms with Crippen molar-refractivity contribution >= 4 is 16.6 Å². The first-order valence-electron chi connectivity index (χ1n) is 13.0. The number of anilines is 1. The Hall–Kier alpha value is -3.13. The summed E-state index contributed by atoms with van der Waals surface area (Å²) in [6.45, 7) is 0.961. The number of terminal acetylenes is 1. The van der Waals surface area contributed by atoms with Crippen molar-refractivity contribution < 1.29 is 27.1 Å². The fourth-order valence-corrected chi connectivity index (χ4v) is 5.81. The minimum absolute atomic E-state index is 0.0330. The van der Waals surface area contributed by atoms with Gasteiger partial charge in [-0.05, 0) is 55.7 Å². The summed E-state index contributed by atoms with van der Waals surface area (Å²) in [5.41, 5.74) is 2.42. The van der Waals surface area contributed by atoms with Gasteiger partial charge in [-0.3, -0.25) is 14.2 Å². The van der Waals surface area contributed by atoms with E-state index < -0.39 is 49.5 Å². The van der Waals surface area contributed by atoms with E-state index in [1.165, 1.54) is 17.0 Å². The number of nitrogens with one attached hydrogen (secondary N) is 2. The monoisotopic (exact) mass is 546 g/mol. The molecule has 0 unspecified atom stereocenters. The van der Waals surface area contributed by atoms with E-state index in [2.05, 4.69) is 16.2 Å². The Morgan fingerprint density at radius 2 is 1.90 bits per heavy atom. The van der Waals surface area contributed by atoms with Crippen LogP contribution in [0, 0.1) is 24.0 Å². The van der Waals surface area contributed by atoms with E-state index in [0.717, 1.165) is 10.9 Å². The number of rotatable bonds is 9. The molecule has 0 bridgehead atoms. The first kappa shape index (κ1) is 27.4. The quantitative estimate of drug-likeness (QED) is 0.266. The Labute approximate surface area is 224 Å². The minimum Gasteiger partial charge on any atom is -0.390 e. The average molecular weight is 547 g/mol. The topological polar surface area (TPSA) is 54.5 Å². The standard InChI is InChI=1S/C29H31F5N4O/c1-3-18-5-6-25-21(10-18)22-9-17(2)38(15-29(33,34)16-39)28(27(22)36-25)26-23(31)11-19(12-24(26)32)35-20-13-37(14-20)8-4-7-30/h1,5-6,10-12,17,20,28,35-36,39H,4,7-9,13-16H2,2H3/t17-,28-/m1/s1. The molecule has 2 aliphatic heterocycles. The summed E-state index contributed by atoms with van der Waals surface area (Å²) in [5.74, 6) is -2.62. The highest BCUT2D eigenvalue weighted by Gasteiger charge is 2.43. The molecule has 208 valence electrons. The van der Waals surface area contributed by atoms with Gasteiger partial charge in [0.1, 0.15) is 18.2 Å². The first-order chi connectivity index (χ1) is 18.6. The van der Waals surface area contributed by atoms with Crippen LogP contribution < -0.4 is 5.32 Å². The van der Waals surface area contributed by atoms with Crippen LogP contribution in [0.4, 0.5) is 27.6 Å². The highest BCUT2D eigenvalue weighted by atomic mass is 19.3. The zero-order chi connectivity index (χ0) is 27.9. The maximum atomic E-state index is 15.8. The van der Waals surface area contributed by atoms with Crippen molar-refractivity contribution in [3.8, 4) is 12.3 Å². The van der Waals surface area contributed by atoms with Crippen LogP contribution in [-0.4, -0.2) is 77.4 Å². The summed E-state index contributed by atoms with van der Waals surface area (Å²) in [6.07, 6.45) is 6.36. The zero-order valence-electron chi connectivity index (χ0n) is 21.6. The van der Waals surface area contributed by atoms with Crippen LogP contribution in [0.3, 0.4) is 0 Å². The third-order valence-electron chi connectivity index (χ3n) is 7.71. The number of likely N-dealkylation sites (tertiary alicyclic amines) is 1. The Kier molecular flexibility index (Phi) is 7.60. The summed E-state index contributed by atoms with van der Waals surface area (Å²) in [6, 6.07) is 5.95. The SMILES string of the molecule is C#Cc1ccc2[nH]c3c(c2c1)C[C@@H](C)N(CC(F)(F)CO)[C@@H]3c1c(F)cc(NC2CN(CCCF)C2)cc1F. The normalized spacial score (nSPS) is 20.6. The number of hydrogen-bond acceptors (Lipinski definition) is 4. The lowest BCUT2D eigenvalue weighted by molar-refractivity contribution is -0.0869. The number of hydrogen-bond donors (Lipinski definition) is 3. The summed E-state index contributed by atoms with van der Waals surface area (Å²) in [4.78, 5) is 6.60. The van der Waals surface area contributed by atoms with Gasteiger partial charge in [-0.25, -0.2) is 17.6 Å². The number of aromatic nitrogens is 1. The van der Waals surface area contributed by atoms with Gasteiger partial charge in [0.2, 0.25) is 0 Å². The molecule has 0 saturated carbocycles. The van der Waals surface area contributed by atoms with Crippen molar-refractivity contribution in [2.45, 2.75) is 43.8 Å². The van der Waals surface area contributed by atoms with Crippen LogP contribution in [0.15, 0.2) is 30.3 Å². The van der Waals surface area contributed by atoms with Gasteiger partial charge in [0.15, 0.2) is 0 Å². The predicted octanol–water partition coefficient (Wildman–Crippen LogP) is 4.85. The average Bonchev–Trinajstić information content (AvgIpc) is 3.23. The molecule has 0 aliphatic carbocycles. The highest BCUT2D eigenvalue weighted by Crippen LogP contribution is 2.44. The van der Waals surface area contributed by atoms with Crippen LogP contribution in [-0.2, 0) is 6.42 Å². The van der Waals surface area contributed by atoms with Crippen LogP contribution in [0.25, 0.3) is 10.9 Å². The Morgan fingerprint density at radius 3 is 2.54 bits per heavy atom. The molecule has 3 N–H and O–H groups in total. The van der Waals surface area contributed by atoms with Crippen molar-refractivity contribution in [1.82, 2.24) is 14.8 Å². The van der Waals surface area contributed by atoms with Gasteiger partial charge < -0.3 is 15.4 Å². The van der Waals surface area contributed by atoms with Gasteiger partial charge in [0, 0.05) is 59.1 Å². The molecule has 3 heterocycles. The molecule has 1 aromatic heterocycles. The van der Waals surface area contributed by atoms with Gasteiger partial charge >= 0.3 is 0 Å². The molecule has 2 aliphatic rings. The van der Waals surface area contributed by atoms with Crippen molar-refractivity contribution in [3.63, 3.8) is 0 Å². The van der Waals surface area contributed by atoms with E-state index in [0.29, 0.717) is 49.2 Å². The van der Waals surface area contributed by atoms with Gasteiger partial charge in [-0.1, -0.05) is 5.92 Å². The van der Waals surface area contributed by atoms with Gasteiger partial charge in [0.05, 0.1) is 25.3 Å². The molecule has 0 amide bonds. The van der Waals surface area contributed by atoms with E-state index >= 15 is 8.78 Å². The van der Waals surface area contributed by atoms with E-state index in [1.807, 2.05) is 11.0 Å². The number of alkyl halides is 3. The summed E-state index contributed by atoms with van der Waals surface area (Å²) in [7, 11) is 0. The van der Waals surface area contributed by atoms with Gasteiger partial charge in [-0.15, -0.1) is 6.42 Å². The smallest absolute Gasteiger partial charge is 0.283 e. The zero-order valence-corrected chi connectivity index (χ0v) is 21.6. The van der Waals surface area contributed by atoms with Crippen LogP contribution in [0.1, 0.15) is 41.8 Å². The van der Waals surface area contributed by atoms with Gasteiger partial charge in [-0.2, -0.15) is 0 Å². The fraction of sp³-hybridized carbons (Fsp3) is 0.448. The lowest BCUT2D eigenvalue weighted by Gasteiger charge is -2.42. The Balaban J connectivity index is 1.53. The highest BCUT2D eigenvalue weighted by molar-refractivity contribution is 5.87. The molecule has 3 aromatic rings. The van der Waals surface area contributed by atoms with Crippen molar-refractivity contribution in [1.29, 1.82) is 0 Å². The van der Waals surface area contributed by atoms with E-state index in [4.69, 9.17) is 6.42 Å². The fourth-order valence-electron chi connectivity index (χ4n) is 5.81. The number of aliphatic hydroxyl groups is 1. The maximum absolute atomic E-state index is 15.8. The lowest BCUT2D eigenvalue weighted by atomic mass is 9.87. The van der Waals surface area contributed by atoms with Crippen molar-refractivity contribution in [2.75, 3.05) is 44.8 Å². The van der Waals surface area contributed by atoms with Crippen LogP contribution >= 0.6 is 0 Å². The number of halogens is 5. The number of aliphatic hydroxyl groups excluding tert-OH is 1. The molecule has 2 atom stereocenters. The van der Waals surface area contributed by atoms with Crippen LogP contribution in [0.5, 0.6) is 0 Å². The molecular formula is C29H31F5N4O. The van der Waals surface area contributed by atoms with Crippen LogP contribution in [0.2, 0.25) is 0 Å². The largest absolute Gasteiger partial charge is 0.390 e. The second-order valence-electron chi connectivity index (χ2n) is 10.6. The molecule has 5 nitrogen and oxygen atoms in total. The van der Waals surface area contributed by atoms with E-state index in [1.54, 1.807) is 19.1 Å².